The number of rotatable bonds is 3. The summed E-state index contributed by atoms with van der Waals surface area (Å²) in [5.74, 6) is -2.05. The van der Waals surface area contributed by atoms with Gasteiger partial charge in [-0.05, 0) is 29.4 Å². The SMILES string of the molecule is Cc1ccc(NC(=O)c2nonc2C(=O)O)cc1. The number of carboxylic acid groups (broad SMARTS) is 1. The minimum absolute atomic E-state index is 0.358. The van der Waals surface area contributed by atoms with E-state index >= 15 is 0 Å². The Morgan fingerprint density at radius 1 is 1.17 bits per heavy atom. The van der Waals surface area contributed by atoms with Gasteiger partial charge >= 0.3 is 5.97 Å². The molecule has 1 heterocycles. The van der Waals surface area contributed by atoms with Crippen molar-refractivity contribution in [2.24, 2.45) is 0 Å². The number of benzene rings is 1. The van der Waals surface area contributed by atoms with Crippen LogP contribution in [0.3, 0.4) is 0 Å². The monoisotopic (exact) mass is 247 g/mol. The second kappa shape index (κ2) is 4.66. The molecule has 0 unspecified atom stereocenters. The summed E-state index contributed by atoms with van der Waals surface area (Å²) in [7, 11) is 0. The number of aromatic carboxylic acids is 1. The number of carbonyl (C=O) groups is 2. The first-order valence-corrected chi connectivity index (χ1v) is 5.02. The highest BCUT2D eigenvalue weighted by molar-refractivity contribution is 6.08. The molecule has 0 aliphatic heterocycles. The minimum atomic E-state index is -1.37. The van der Waals surface area contributed by atoms with E-state index in [0.717, 1.165) is 5.56 Å². The van der Waals surface area contributed by atoms with Crippen molar-refractivity contribution < 1.29 is 19.3 Å². The Labute approximate surface area is 101 Å². The van der Waals surface area contributed by atoms with Gasteiger partial charge in [-0.25, -0.2) is 9.42 Å². The molecule has 7 nitrogen and oxygen atoms in total. The maximum Gasteiger partial charge on any atom is 0.360 e. The van der Waals surface area contributed by atoms with E-state index < -0.39 is 17.6 Å². The van der Waals surface area contributed by atoms with Crippen molar-refractivity contribution in [1.82, 2.24) is 10.3 Å². The van der Waals surface area contributed by atoms with E-state index in [9.17, 15) is 9.59 Å². The number of nitrogens with one attached hydrogen (secondary N) is 1. The van der Waals surface area contributed by atoms with Crippen molar-refractivity contribution in [3.63, 3.8) is 0 Å². The van der Waals surface area contributed by atoms with Crippen molar-refractivity contribution in [2.75, 3.05) is 5.32 Å². The number of carbonyl (C=O) groups excluding carboxylic acids is 1. The fraction of sp³-hybridized carbons (Fsp3) is 0.0909. The molecule has 0 saturated carbocycles. The highest BCUT2D eigenvalue weighted by Crippen LogP contribution is 2.11. The van der Waals surface area contributed by atoms with Gasteiger partial charge < -0.3 is 10.4 Å². The van der Waals surface area contributed by atoms with Gasteiger partial charge in [-0.1, -0.05) is 17.7 Å². The predicted octanol–water partition coefficient (Wildman–Crippen LogP) is 1.33. The van der Waals surface area contributed by atoms with E-state index in [4.69, 9.17) is 5.11 Å². The molecule has 2 aromatic rings. The molecule has 1 aromatic carbocycles. The van der Waals surface area contributed by atoms with E-state index in [1.54, 1.807) is 12.1 Å². The molecule has 2 N–H and O–H groups in total. The van der Waals surface area contributed by atoms with E-state index in [-0.39, 0.29) is 5.69 Å². The molecule has 0 saturated heterocycles. The standard InChI is InChI=1S/C11H9N3O4/c1-6-2-4-7(5-3-6)12-10(15)8-9(11(16)17)14-18-13-8/h2-5H,1H3,(H,12,15)(H,16,17). The number of hydrogen-bond acceptors (Lipinski definition) is 5. The molecule has 1 aromatic heterocycles. The molecule has 2 rings (SSSR count). The Kier molecular flexibility index (Phi) is 3.05. The van der Waals surface area contributed by atoms with Crippen LogP contribution >= 0.6 is 0 Å². The summed E-state index contributed by atoms with van der Waals surface area (Å²) < 4.78 is 4.24. The predicted molar refractivity (Wildman–Crippen MR) is 60.4 cm³/mol. The van der Waals surface area contributed by atoms with E-state index in [0.29, 0.717) is 5.69 Å². The fourth-order valence-electron chi connectivity index (χ4n) is 1.31. The largest absolute Gasteiger partial charge is 0.476 e. The maximum absolute atomic E-state index is 11.7. The van der Waals surface area contributed by atoms with Crippen LogP contribution in [0.5, 0.6) is 0 Å². The number of carboxylic acids is 1. The van der Waals surface area contributed by atoms with Crippen molar-refractivity contribution >= 4 is 17.6 Å². The third kappa shape index (κ3) is 2.34. The number of aryl methyl sites for hydroxylation is 1. The van der Waals surface area contributed by atoms with Crippen molar-refractivity contribution in [3.8, 4) is 0 Å². The maximum atomic E-state index is 11.7. The quantitative estimate of drug-likeness (QED) is 0.847. The zero-order valence-corrected chi connectivity index (χ0v) is 9.38. The first-order chi connectivity index (χ1) is 8.58. The molecule has 7 heteroatoms. The number of amides is 1. The first-order valence-electron chi connectivity index (χ1n) is 5.02. The van der Waals surface area contributed by atoms with Gasteiger partial charge in [0.25, 0.3) is 5.91 Å². The second-order valence-electron chi connectivity index (χ2n) is 3.59. The molecule has 0 aliphatic rings. The summed E-state index contributed by atoms with van der Waals surface area (Å²) in [4.78, 5) is 22.5. The minimum Gasteiger partial charge on any atom is -0.476 e. The average Bonchev–Trinajstić information content (AvgIpc) is 2.81. The molecule has 1 amide bonds. The molecular formula is C11H9N3O4. The Morgan fingerprint density at radius 3 is 2.39 bits per heavy atom. The van der Waals surface area contributed by atoms with Crippen LogP contribution in [-0.4, -0.2) is 27.3 Å². The van der Waals surface area contributed by atoms with Gasteiger partial charge in [0.15, 0.2) is 0 Å². The fourth-order valence-corrected chi connectivity index (χ4v) is 1.31. The Bertz CT molecular complexity index is 589. The van der Waals surface area contributed by atoms with Gasteiger partial charge in [0.1, 0.15) is 0 Å². The molecule has 0 bridgehead atoms. The van der Waals surface area contributed by atoms with Gasteiger partial charge in [-0.2, -0.15) is 0 Å². The van der Waals surface area contributed by atoms with Gasteiger partial charge in [-0.3, -0.25) is 4.79 Å². The molecule has 92 valence electrons. The highest BCUT2D eigenvalue weighted by atomic mass is 16.6. The molecule has 18 heavy (non-hydrogen) atoms. The lowest BCUT2D eigenvalue weighted by Gasteiger charge is -2.02. The van der Waals surface area contributed by atoms with Crippen LogP contribution in [0.1, 0.15) is 26.5 Å². The van der Waals surface area contributed by atoms with E-state index in [1.165, 1.54) is 0 Å². The van der Waals surface area contributed by atoms with Crippen molar-refractivity contribution in [3.05, 3.63) is 41.2 Å². The third-order valence-corrected chi connectivity index (χ3v) is 2.22. The summed E-state index contributed by atoms with van der Waals surface area (Å²) in [5.41, 5.74) is 0.704. The van der Waals surface area contributed by atoms with Crippen LogP contribution in [0.2, 0.25) is 0 Å². The van der Waals surface area contributed by atoms with Crippen molar-refractivity contribution in [2.45, 2.75) is 6.92 Å². The van der Waals surface area contributed by atoms with Gasteiger partial charge in [-0.15, -0.1) is 0 Å². The van der Waals surface area contributed by atoms with Gasteiger partial charge in [0.05, 0.1) is 0 Å². The van der Waals surface area contributed by atoms with Crippen LogP contribution in [0, 0.1) is 6.92 Å². The van der Waals surface area contributed by atoms with Crippen LogP contribution in [-0.2, 0) is 0 Å². The van der Waals surface area contributed by atoms with Crippen LogP contribution in [0.4, 0.5) is 5.69 Å². The van der Waals surface area contributed by atoms with E-state index in [2.05, 4.69) is 20.3 Å². The zero-order valence-electron chi connectivity index (χ0n) is 9.38. The summed E-state index contributed by atoms with van der Waals surface area (Å²) >= 11 is 0. The second-order valence-corrected chi connectivity index (χ2v) is 3.59. The topological polar surface area (TPSA) is 105 Å². The summed E-state index contributed by atoms with van der Waals surface area (Å²) in [6.07, 6.45) is 0. The zero-order chi connectivity index (χ0) is 13.1. The Balaban J connectivity index is 2.19. The number of hydrogen-bond donors (Lipinski definition) is 2. The van der Waals surface area contributed by atoms with Crippen molar-refractivity contribution in [1.29, 1.82) is 0 Å². The molecule has 0 radical (unpaired) electrons. The molecule has 0 atom stereocenters. The van der Waals surface area contributed by atoms with Gasteiger partial charge in [0.2, 0.25) is 11.4 Å². The summed E-state index contributed by atoms with van der Waals surface area (Å²) in [6.45, 7) is 1.91. The molecule has 0 aliphatic carbocycles. The van der Waals surface area contributed by atoms with E-state index in [1.807, 2.05) is 19.1 Å². The smallest absolute Gasteiger partial charge is 0.360 e. The van der Waals surface area contributed by atoms with Gasteiger partial charge in [0, 0.05) is 5.69 Å². The number of nitrogens with zero attached hydrogens (tertiary/aromatic N) is 2. The Hall–Kier alpha value is -2.70. The lowest BCUT2D eigenvalue weighted by atomic mass is 10.2. The van der Waals surface area contributed by atoms with Crippen LogP contribution < -0.4 is 5.32 Å². The average molecular weight is 247 g/mol. The third-order valence-electron chi connectivity index (χ3n) is 2.22. The first kappa shape index (κ1) is 11.8. The summed E-state index contributed by atoms with van der Waals surface area (Å²) in [5, 5.41) is 17.7. The number of anilines is 1. The lowest BCUT2D eigenvalue weighted by Crippen LogP contribution is -2.16. The molecule has 0 fully saturated rings. The lowest BCUT2D eigenvalue weighted by molar-refractivity contribution is 0.0681. The number of aromatic nitrogens is 2. The normalized spacial score (nSPS) is 10.1. The molecular weight excluding hydrogens is 238 g/mol. The Morgan fingerprint density at radius 2 is 1.78 bits per heavy atom. The molecule has 0 spiro atoms. The summed E-state index contributed by atoms with van der Waals surface area (Å²) in [6, 6.07) is 7.02. The van der Waals surface area contributed by atoms with Crippen LogP contribution in [0.25, 0.3) is 0 Å². The van der Waals surface area contributed by atoms with Crippen LogP contribution in [0.15, 0.2) is 28.9 Å². The highest BCUT2D eigenvalue weighted by Gasteiger charge is 2.23.